The highest BCUT2D eigenvalue weighted by Crippen LogP contribution is 1.97. The Kier molecular flexibility index (Phi) is 4.10. The molecule has 1 amide bonds. The van der Waals surface area contributed by atoms with Gasteiger partial charge in [0.1, 0.15) is 0 Å². The van der Waals surface area contributed by atoms with Gasteiger partial charge < -0.3 is 15.6 Å². The highest BCUT2D eigenvalue weighted by Gasteiger charge is 2.04. The van der Waals surface area contributed by atoms with Crippen molar-refractivity contribution in [2.75, 3.05) is 5.73 Å². The minimum Gasteiger partial charge on any atom is -0.398 e. The fourth-order valence-electron chi connectivity index (χ4n) is 1.34. The number of nitrogens with zero attached hydrogens (tertiary/aromatic N) is 1. The molecule has 5 heteroatoms. The molecule has 0 saturated carbocycles. The number of hydrogen-bond donors (Lipinski definition) is 2. The molecule has 0 saturated heterocycles. The van der Waals surface area contributed by atoms with Crippen LogP contribution in [0.5, 0.6) is 0 Å². The second-order valence-corrected chi connectivity index (χ2v) is 3.97. The molecular weight excluding hydrogens is 206 g/mol. The molecule has 0 atom stereocenters. The van der Waals surface area contributed by atoms with Gasteiger partial charge in [-0.3, -0.25) is 9.59 Å². The fourth-order valence-corrected chi connectivity index (χ4v) is 1.34. The molecule has 0 aliphatic carbocycles. The number of anilines is 1. The summed E-state index contributed by atoms with van der Waals surface area (Å²) in [5.41, 5.74) is 5.93. The monoisotopic (exact) mass is 223 g/mol. The second kappa shape index (κ2) is 5.34. The van der Waals surface area contributed by atoms with Crippen molar-refractivity contribution in [1.29, 1.82) is 0 Å². The number of hydrogen-bond acceptors (Lipinski definition) is 3. The number of aryl methyl sites for hydroxylation is 1. The van der Waals surface area contributed by atoms with E-state index in [0.29, 0.717) is 12.2 Å². The lowest BCUT2D eigenvalue weighted by molar-refractivity contribution is -0.121. The number of nitrogens with one attached hydrogen (secondary N) is 1. The van der Waals surface area contributed by atoms with Crippen LogP contribution in [0.25, 0.3) is 0 Å². The van der Waals surface area contributed by atoms with Gasteiger partial charge in [-0.15, -0.1) is 0 Å². The zero-order valence-electron chi connectivity index (χ0n) is 9.56. The number of amides is 1. The first-order valence-corrected chi connectivity index (χ1v) is 5.24. The van der Waals surface area contributed by atoms with Crippen LogP contribution in [0.15, 0.2) is 23.1 Å². The van der Waals surface area contributed by atoms with Gasteiger partial charge in [0.15, 0.2) is 0 Å². The van der Waals surface area contributed by atoms with Crippen molar-refractivity contribution in [1.82, 2.24) is 9.88 Å². The van der Waals surface area contributed by atoms with Gasteiger partial charge in [0.2, 0.25) is 5.91 Å². The lowest BCUT2D eigenvalue weighted by atomic mass is 10.3. The number of carbonyl (C=O) groups is 1. The van der Waals surface area contributed by atoms with Crippen LogP contribution >= 0.6 is 0 Å². The van der Waals surface area contributed by atoms with E-state index in [4.69, 9.17) is 5.73 Å². The molecule has 88 valence electrons. The number of pyridine rings is 1. The Morgan fingerprint density at radius 1 is 1.50 bits per heavy atom. The van der Waals surface area contributed by atoms with Crippen LogP contribution in [0.1, 0.15) is 20.3 Å². The molecule has 0 unspecified atom stereocenters. The van der Waals surface area contributed by atoms with Gasteiger partial charge in [0.25, 0.3) is 5.56 Å². The first kappa shape index (κ1) is 12.3. The predicted molar refractivity (Wildman–Crippen MR) is 63.0 cm³/mol. The van der Waals surface area contributed by atoms with Gasteiger partial charge in [-0.05, 0) is 19.9 Å². The summed E-state index contributed by atoms with van der Waals surface area (Å²) in [6.07, 6.45) is 1.83. The summed E-state index contributed by atoms with van der Waals surface area (Å²) in [4.78, 5) is 22.7. The van der Waals surface area contributed by atoms with E-state index in [1.165, 1.54) is 10.6 Å². The number of aromatic nitrogens is 1. The first-order chi connectivity index (χ1) is 7.49. The molecule has 1 aromatic heterocycles. The van der Waals surface area contributed by atoms with Crippen molar-refractivity contribution >= 4 is 11.6 Å². The zero-order chi connectivity index (χ0) is 12.1. The summed E-state index contributed by atoms with van der Waals surface area (Å²) in [5, 5.41) is 2.76. The molecule has 0 radical (unpaired) electrons. The average Bonchev–Trinajstić information content (AvgIpc) is 2.18. The molecule has 1 heterocycles. The van der Waals surface area contributed by atoms with Gasteiger partial charge in [-0.1, -0.05) is 0 Å². The van der Waals surface area contributed by atoms with Crippen LogP contribution in [0.3, 0.4) is 0 Å². The lowest BCUT2D eigenvalue weighted by Gasteiger charge is -2.09. The Balaban J connectivity index is 2.58. The number of nitrogens with two attached hydrogens (primary N) is 1. The normalized spacial score (nSPS) is 10.4. The van der Waals surface area contributed by atoms with Gasteiger partial charge in [0.05, 0.1) is 0 Å². The van der Waals surface area contributed by atoms with E-state index in [-0.39, 0.29) is 23.9 Å². The van der Waals surface area contributed by atoms with Crippen molar-refractivity contribution in [2.45, 2.75) is 32.9 Å². The first-order valence-electron chi connectivity index (χ1n) is 5.24. The summed E-state index contributed by atoms with van der Waals surface area (Å²) in [5.74, 6) is -0.0654. The molecular formula is C11H17N3O2. The van der Waals surface area contributed by atoms with Crippen molar-refractivity contribution in [3.05, 3.63) is 28.7 Å². The van der Waals surface area contributed by atoms with E-state index in [0.717, 1.165) is 0 Å². The summed E-state index contributed by atoms with van der Waals surface area (Å²) in [6.45, 7) is 4.14. The Labute approximate surface area is 94.3 Å². The molecule has 1 rings (SSSR count). The predicted octanol–water partition coefficient (Wildman–Crippen LogP) is 0.345. The lowest BCUT2D eigenvalue weighted by Crippen LogP contribution is -2.31. The third-order valence-corrected chi connectivity index (χ3v) is 2.04. The van der Waals surface area contributed by atoms with Crippen molar-refractivity contribution < 1.29 is 4.79 Å². The number of nitrogen functional groups attached to an aromatic ring is 1. The van der Waals surface area contributed by atoms with Gasteiger partial charge >= 0.3 is 0 Å². The third-order valence-electron chi connectivity index (χ3n) is 2.04. The summed E-state index contributed by atoms with van der Waals surface area (Å²) in [7, 11) is 0. The van der Waals surface area contributed by atoms with Crippen molar-refractivity contribution in [3.8, 4) is 0 Å². The zero-order valence-corrected chi connectivity index (χ0v) is 9.56. The number of rotatable bonds is 4. The second-order valence-electron chi connectivity index (χ2n) is 3.97. The largest absolute Gasteiger partial charge is 0.398 e. The van der Waals surface area contributed by atoms with Crippen LogP contribution in [0.4, 0.5) is 5.69 Å². The molecule has 3 N–H and O–H groups in total. The van der Waals surface area contributed by atoms with Crippen molar-refractivity contribution in [2.24, 2.45) is 0 Å². The van der Waals surface area contributed by atoms with Gasteiger partial charge in [0, 0.05) is 37.0 Å². The van der Waals surface area contributed by atoms with Gasteiger partial charge in [-0.2, -0.15) is 0 Å². The highest BCUT2D eigenvalue weighted by molar-refractivity contribution is 5.76. The van der Waals surface area contributed by atoms with E-state index >= 15 is 0 Å². The molecule has 16 heavy (non-hydrogen) atoms. The Hall–Kier alpha value is -1.78. The van der Waals surface area contributed by atoms with E-state index in [1.54, 1.807) is 12.3 Å². The molecule has 0 aliphatic heterocycles. The number of carbonyl (C=O) groups excluding carboxylic acids is 1. The van der Waals surface area contributed by atoms with E-state index in [9.17, 15) is 9.59 Å². The summed E-state index contributed by atoms with van der Waals surface area (Å²) >= 11 is 0. The molecule has 0 fully saturated rings. The van der Waals surface area contributed by atoms with E-state index in [1.807, 2.05) is 13.8 Å². The maximum atomic E-state index is 11.4. The molecule has 5 nitrogen and oxygen atoms in total. The molecule has 0 aliphatic rings. The van der Waals surface area contributed by atoms with E-state index < -0.39 is 0 Å². The quantitative estimate of drug-likeness (QED) is 0.773. The fraction of sp³-hybridized carbons (Fsp3) is 0.455. The van der Waals surface area contributed by atoms with Gasteiger partial charge in [-0.25, -0.2) is 0 Å². The Bertz CT molecular complexity index is 423. The van der Waals surface area contributed by atoms with Crippen LogP contribution in [0.2, 0.25) is 0 Å². The minimum absolute atomic E-state index is 0.0654. The molecule has 0 bridgehead atoms. The molecule has 0 aromatic carbocycles. The maximum absolute atomic E-state index is 11.4. The Morgan fingerprint density at radius 3 is 2.81 bits per heavy atom. The summed E-state index contributed by atoms with van der Waals surface area (Å²) < 4.78 is 1.44. The van der Waals surface area contributed by atoms with Crippen LogP contribution in [-0.2, 0) is 11.3 Å². The highest BCUT2D eigenvalue weighted by atomic mass is 16.2. The standard InChI is InChI=1S/C11H17N3O2/c1-8(2)13-10(15)5-6-14-7-9(12)3-4-11(14)16/h3-4,7-8H,5-6,12H2,1-2H3,(H,13,15). The van der Waals surface area contributed by atoms with Crippen molar-refractivity contribution in [3.63, 3.8) is 0 Å². The topological polar surface area (TPSA) is 77.1 Å². The van der Waals surface area contributed by atoms with Crippen LogP contribution < -0.4 is 16.6 Å². The smallest absolute Gasteiger partial charge is 0.250 e. The van der Waals surface area contributed by atoms with E-state index in [2.05, 4.69) is 5.32 Å². The van der Waals surface area contributed by atoms with Crippen LogP contribution in [-0.4, -0.2) is 16.5 Å². The average molecular weight is 223 g/mol. The third kappa shape index (κ3) is 3.76. The molecule has 0 spiro atoms. The minimum atomic E-state index is -0.147. The molecule has 1 aromatic rings. The summed E-state index contributed by atoms with van der Waals surface area (Å²) in [6, 6.07) is 3.06. The SMILES string of the molecule is CC(C)NC(=O)CCn1cc(N)ccc1=O. The maximum Gasteiger partial charge on any atom is 0.250 e. The van der Waals surface area contributed by atoms with Crippen LogP contribution in [0, 0.1) is 0 Å². The Morgan fingerprint density at radius 2 is 2.19 bits per heavy atom.